The summed E-state index contributed by atoms with van der Waals surface area (Å²) in [7, 11) is 0. The van der Waals surface area contributed by atoms with Gasteiger partial charge in [-0.3, -0.25) is 0 Å². The van der Waals surface area contributed by atoms with E-state index in [0.29, 0.717) is 16.8 Å². The first kappa shape index (κ1) is 15.9. The van der Waals surface area contributed by atoms with Crippen LogP contribution in [0.2, 0.25) is 0 Å². The molecule has 2 heterocycles. The summed E-state index contributed by atoms with van der Waals surface area (Å²) in [5, 5.41) is 13.3. The number of benzene rings is 1. The summed E-state index contributed by atoms with van der Waals surface area (Å²) in [4.78, 5) is 20.2. The van der Waals surface area contributed by atoms with Gasteiger partial charge in [0, 0.05) is 28.3 Å². The molecular formula is C16H13N3O4S. The fourth-order valence-electron chi connectivity index (χ4n) is 1.81. The second-order valence-corrected chi connectivity index (χ2v) is 6.15. The molecule has 122 valence electrons. The number of hydrogen-bond donors (Lipinski definition) is 1. The van der Waals surface area contributed by atoms with Gasteiger partial charge in [-0.15, -0.1) is 0 Å². The third kappa shape index (κ3) is 3.66. The van der Waals surface area contributed by atoms with Crippen LogP contribution in [0.1, 0.15) is 17.7 Å². The number of carboxylic acid groups (broad SMARTS) is 1. The van der Waals surface area contributed by atoms with Crippen molar-refractivity contribution in [1.82, 2.24) is 15.1 Å². The summed E-state index contributed by atoms with van der Waals surface area (Å²) in [5.41, 5.74) is 0.849. The van der Waals surface area contributed by atoms with Gasteiger partial charge >= 0.3 is 5.97 Å². The van der Waals surface area contributed by atoms with Gasteiger partial charge in [-0.2, -0.15) is 4.98 Å². The minimum atomic E-state index is -1.03. The summed E-state index contributed by atoms with van der Waals surface area (Å²) in [6, 6.07) is 7.14. The molecule has 2 aromatic heterocycles. The van der Waals surface area contributed by atoms with Gasteiger partial charge < -0.3 is 14.4 Å². The molecule has 0 fully saturated rings. The number of carboxylic acids is 1. The zero-order valence-corrected chi connectivity index (χ0v) is 13.7. The van der Waals surface area contributed by atoms with Crippen molar-refractivity contribution in [2.24, 2.45) is 0 Å². The summed E-state index contributed by atoms with van der Waals surface area (Å²) < 4.78 is 10.7. The smallest absolute Gasteiger partial charge is 0.331 e. The van der Waals surface area contributed by atoms with Gasteiger partial charge in [0.25, 0.3) is 11.1 Å². The lowest BCUT2D eigenvalue weighted by Gasteiger charge is -2.01. The third-order valence-electron chi connectivity index (χ3n) is 3.04. The number of aromatic nitrogens is 3. The maximum atomic E-state index is 10.8. The SMILES string of the molecule is CC(=Cc1nc(-c2ccc(Oc3ncc(C)s3)cc2)no1)C(=O)O. The average molecular weight is 343 g/mol. The zero-order chi connectivity index (χ0) is 17.1. The Labute approximate surface area is 141 Å². The van der Waals surface area contributed by atoms with E-state index in [1.165, 1.54) is 24.3 Å². The molecule has 24 heavy (non-hydrogen) atoms. The molecule has 0 radical (unpaired) electrons. The van der Waals surface area contributed by atoms with Crippen LogP contribution in [0.4, 0.5) is 0 Å². The van der Waals surface area contributed by atoms with Gasteiger partial charge in [-0.25, -0.2) is 9.78 Å². The summed E-state index contributed by atoms with van der Waals surface area (Å²) in [6.45, 7) is 3.42. The highest BCUT2D eigenvalue weighted by molar-refractivity contribution is 7.13. The molecule has 0 aliphatic rings. The van der Waals surface area contributed by atoms with Crippen molar-refractivity contribution >= 4 is 23.4 Å². The Balaban J connectivity index is 1.75. The first-order valence-electron chi connectivity index (χ1n) is 6.97. The number of aryl methyl sites for hydroxylation is 1. The fraction of sp³-hybridized carbons (Fsp3) is 0.125. The first-order valence-corrected chi connectivity index (χ1v) is 7.79. The van der Waals surface area contributed by atoms with E-state index in [0.717, 1.165) is 10.4 Å². The molecule has 3 aromatic rings. The van der Waals surface area contributed by atoms with Gasteiger partial charge in [-0.1, -0.05) is 16.5 Å². The Morgan fingerprint density at radius 3 is 2.71 bits per heavy atom. The molecule has 0 bridgehead atoms. The number of ether oxygens (including phenoxy) is 1. The van der Waals surface area contributed by atoms with E-state index < -0.39 is 5.97 Å². The van der Waals surface area contributed by atoms with Crippen LogP contribution in [0.3, 0.4) is 0 Å². The average Bonchev–Trinajstić information content (AvgIpc) is 3.17. The Kier molecular flexibility index (Phi) is 4.39. The lowest BCUT2D eigenvalue weighted by atomic mass is 10.2. The number of hydrogen-bond acceptors (Lipinski definition) is 7. The van der Waals surface area contributed by atoms with Crippen LogP contribution < -0.4 is 4.74 Å². The topological polar surface area (TPSA) is 98.3 Å². The monoisotopic (exact) mass is 343 g/mol. The molecule has 0 aliphatic heterocycles. The standard InChI is InChI=1S/C16H13N3O4S/c1-9(15(20)21)7-13-18-14(19-23-13)11-3-5-12(6-4-11)22-16-17-8-10(2)24-16/h3-8H,1-2H3,(H,20,21). The van der Waals surface area contributed by atoms with Crippen LogP contribution in [0.25, 0.3) is 17.5 Å². The first-order chi connectivity index (χ1) is 11.5. The normalized spacial score (nSPS) is 11.5. The van der Waals surface area contributed by atoms with Gasteiger partial charge in [0.05, 0.1) is 0 Å². The number of nitrogens with zero attached hydrogens (tertiary/aromatic N) is 3. The molecule has 0 spiro atoms. The molecular weight excluding hydrogens is 330 g/mol. The Morgan fingerprint density at radius 2 is 2.08 bits per heavy atom. The van der Waals surface area contributed by atoms with E-state index in [9.17, 15) is 4.79 Å². The van der Waals surface area contributed by atoms with Gasteiger partial charge in [0.1, 0.15) is 5.75 Å². The second kappa shape index (κ2) is 6.63. The summed E-state index contributed by atoms with van der Waals surface area (Å²) >= 11 is 1.47. The van der Waals surface area contributed by atoms with Gasteiger partial charge in [0.15, 0.2) is 0 Å². The van der Waals surface area contributed by atoms with E-state index in [1.807, 2.05) is 6.92 Å². The lowest BCUT2D eigenvalue weighted by molar-refractivity contribution is -0.132. The minimum absolute atomic E-state index is 0.118. The van der Waals surface area contributed by atoms with Crippen molar-refractivity contribution < 1.29 is 19.2 Å². The molecule has 0 saturated carbocycles. The maximum absolute atomic E-state index is 10.8. The van der Waals surface area contributed by atoms with E-state index in [1.54, 1.807) is 30.5 Å². The number of rotatable bonds is 5. The molecule has 1 N–H and O–H groups in total. The van der Waals surface area contributed by atoms with Crippen molar-refractivity contribution in [3.05, 3.63) is 46.8 Å². The molecule has 0 aliphatic carbocycles. The Morgan fingerprint density at radius 1 is 1.33 bits per heavy atom. The largest absolute Gasteiger partial charge is 0.478 e. The van der Waals surface area contributed by atoms with E-state index in [2.05, 4.69) is 15.1 Å². The molecule has 3 rings (SSSR count). The Hall–Kier alpha value is -3.00. The predicted molar refractivity (Wildman–Crippen MR) is 87.9 cm³/mol. The van der Waals surface area contributed by atoms with Crippen molar-refractivity contribution in [3.63, 3.8) is 0 Å². The van der Waals surface area contributed by atoms with Crippen LogP contribution in [-0.4, -0.2) is 26.2 Å². The molecule has 0 saturated heterocycles. The summed E-state index contributed by atoms with van der Waals surface area (Å²) in [5.74, 6) is 0.131. The van der Waals surface area contributed by atoms with Gasteiger partial charge in [0.2, 0.25) is 5.82 Å². The highest BCUT2D eigenvalue weighted by Crippen LogP contribution is 2.27. The van der Waals surface area contributed by atoms with Crippen LogP contribution in [0.15, 0.2) is 40.6 Å². The molecule has 1 aromatic carbocycles. The zero-order valence-electron chi connectivity index (χ0n) is 12.9. The number of aliphatic carboxylic acids is 1. The van der Waals surface area contributed by atoms with Crippen molar-refractivity contribution in [2.45, 2.75) is 13.8 Å². The van der Waals surface area contributed by atoms with Crippen LogP contribution in [0.5, 0.6) is 10.9 Å². The quantitative estimate of drug-likeness (QED) is 0.704. The number of carbonyl (C=O) groups is 1. The van der Waals surface area contributed by atoms with Crippen LogP contribution >= 0.6 is 11.3 Å². The molecule has 7 nitrogen and oxygen atoms in total. The molecule has 0 atom stereocenters. The molecule has 8 heteroatoms. The van der Waals surface area contributed by atoms with Crippen molar-refractivity contribution in [2.75, 3.05) is 0 Å². The minimum Gasteiger partial charge on any atom is -0.478 e. The van der Waals surface area contributed by atoms with Gasteiger partial charge in [-0.05, 0) is 38.1 Å². The number of thiazole rings is 1. The summed E-state index contributed by atoms with van der Waals surface area (Å²) in [6.07, 6.45) is 3.07. The fourth-order valence-corrected chi connectivity index (χ4v) is 2.44. The van der Waals surface area contributed by atoms with Crippen molar-refractivity contribution in [3.8, 4) is 22.3 Å². The highest BCUT2D eigenvalue weighted by Gasteiger charge is 2.10. The molecule has 0 unspecified atom stereocenters. The van der Waals surface area contributed by atoms with E-state index >= 15 is 0 Å². The van der Waals surface area contributed by atoms with Crippen LogP contribution in [-0.2, 0) is 4.79 Å². The maximum Gasteiger partial charge on any atom is 0.331 e. The predicted octanol–water partition coefficient (Wildman–Crippen LogP) is 3.78. The Bertz CT molecular complexity index is 896. The lowest BCUT2D eigenvalue weighted by Crippen LogP contribution is -1.95. The van der Waals surface area contributed by atoms with E-state index in [-0.39, 0.29) is 11.5 Å². The van der Waals surface area contributed by atoms with E-state index in [4.69, 9.17) is 14.4 Å². The van der Waals surface area contributed by atoms with Crippen molar-refractivity contribution in [1.29, 1.82) is 0 Å². The molecule has 0 amide bonds. The van der Waals surface area contributed by atoms with Crippen LogP contribution in [0, 0.1) is 6.92 Å². The third-order valence-corrected chi connectivity index (χ3v) is 3.83. The highest BCUT2D eigenvalue weighted by atomic mass is 32.1. The second-order valence-electron chi connectivity index (χ2n) is 4.95.